The van der Waals surface area contributed by atoms with Gasteiger partial charge in [-0.05, 0) is 80.0 Å². The topological polar surface area (TPSA) is 83.0 Å². The third-order valence-corrected chi connectivity index (χ3v) is 10.4. The normalized spacial score (nSPS) is 13.5. The molecule has 3 aromatic carbocycles. The Bertz CT molecular complexity index is 1620. The van der Waals surface area contributed by atoms with E-state index in [1.54, 1.807) is 29.2 Å². The van der Waals surface area contributed by atoms with Crippen molar-refractivity contribution >= 4 is 55.0 Å². The summed E-state index contributed by atoms with van der Waals surface area (Å²) in [6.07, 6.45) is 0.682. The van der Waals surface area contributed by atoms with Gasteiger partial charge in [0.1, 0.15) is 5.75 Å². The van der Waals surface area contributed by atoms with Gasteiger partial charge in [-0.3, -0.25) is 9.69 Å². The van der Waals surface area contributed by atoms with E-state index in [0.29, 0.717) is 49.9 Å². The second-order valence-electron chi connectivity index (χ2n) is 9.92. The van der Waals surface area contributed by atoms with E-state index in [1.807, 2.05) is 43.3 Å². The average Bonchev–Trinajstić information content (AvgIpc) is 3.42. The van der Waals surface area contributed by atoms with Crippen molar-refractivity contribution in [2.24, 2.45) is 0 Å². The van der Waals surface area contributed by atoms with Crippen LogP contribution in [0.25, 0.3) is 10.2 Å². The number of hydrogen-bond donors (Lipinski definition) is 0. The zero-order chi connectivity index (χ0) is 29.0. The van der Waals surface area contributed by atoms with Crippen LogP contribution < -0.4 is 9.64 Å². The lowest BCUT2D eigenvalue weighted by molar-refractivity contribution is 0.0983. The van der Waals surface area contributed by atoms with Crippen LogP contribution in [0.3, 0.4) is 0 Å². The molecule has 42 heavy (non-hydrogen) atoms. The van der Waals surface area contributed by atoms with Crippen molar-refractivity contribution in [3.05, 3.63) is 83.4 Å². The average molecular weight is 629 g/mol. The molecule has 1 aliphatic heterocycles. The van der Waals surface area contributed by atoms with Crippen molar-refractivity contribution in [3.8, 4) is 5.75 Å². The lowest BCUT2D eigenvalue weighted by Gasteiger charge is -2.28. The number of benzene rings is 3. The number of hydrogen-bond acceptors (Lipinski definition) is 7. The Hall–Kier alpha value is -3.02. The maximum Gasteiger partial charge on any atom is 0.260 e. The number of amides is 1. The van der Waals surface area contributed by atoms with Crippen LogP contribution in [0.1, 0.15) is 42.3 Å². The number of carbonyl (C=O) groups is 1. The summed E-state index contributed by atoms with van der Waals surface area (Å²) < 4.78 is 35.0. The predicted octanol–water partition coefficient (Wildman–Crippen LogP) is 5.85. The van der Waals surface area contributed by atoms with Crippen molar-refractivity contribution in [1.82, 2.24) is 14.2 Å². The second-order valence-corrected chi connectivity index (χ2v) is 12.9. The number of thiazole rings is 1. The number of rotatable bonds is 11. The van der Waals surface area contributed by atoms with E-state index >= 15 is 0 Å². The van der Waals surface area contributed by atoms with E-state index in [4.69, 9.17) is 9.72 Å². The Labute approximate surface area is 258 Å². The first-order chi connectivity index (χ1) is 19.8. The number of ether oxygens (including phenoxy) is 1. The zero-order valence-corrected chi connectivity index (χ0v) is 26.6. The third-order valence-electron chi connectivity index (χ3n) is 7.50. The molecule has 224 valence electrons. The predicted molar refractivity (Wildman–Crippen MR) is 172 cm³/mol. The van der Waals surface area contributed by atoms with Crippen LogP contribution in [0.5, 0.6) is 5.75 Å². The molecule has 0 aliphatic carbocycles. The number of halogens is 1. The molecule has 2 heterocycles. The van der Waals surface area contributed by atoms with Crippen LogP contribution in [0, 0.1) is 0 Å². The molecule has 11 heteroatoms. The van der Waals surface area contributed by atoms with Gasteiger partial charge in [0.15, 0.2) is 5.13 Å². The van der Waals surface area contributed by atoms with Gasteiger partial charge in [-0.25, -0.2) is 13.4 Å². The molecule has 0 spiro atoms. The highest BCUT2D eigenvalue weighted by Gasteiger charge is 2.29. The second kappa shape index (κ2) is 14.0. The molecule has 0 saturated carbocycles. The van der Waals surface area contributed by atoms with E-state index < -0.39 is 10.0 Å². The van der Waals surface area contributed by atoms with E-state index in [9.17, 15) is 13.2 Å². The van der Waals surface area contributed by atoms with Crippen LogP contribution in [0.15, 0.2) is 71.6 Å². The van der Waals surface area contributed by atoms with Crippen LogP contribution in [-0.2, 0) is 23.0 Å². The van der Waals surface area contributed by atoms with Gasteiger partial charge >= 0.3 is 0 Å². The van der Waals surface area contributed by atoms with E-state index in [2.05, 4.69) is 24.8 Å². The fraction of sp³-hybridized carbons (Fsp3) is 0.355. The zero-order valence-electron chi connectivity index (χ0n) is 24.2. The number of aromatic nitrogens is 1. The summed E-state index contributed by atoms with van der Waals surface area (Å²) >= 11 is 1.45. The molecule has 8 nitrogen and oxygen atoms in total. The van der Waals surface area contributed by atoms with Gasteiger partial charge in [0, 0.05) is 31.7 Å². The lowest BCUT2D eigenvalue weighted by atomic mass is 10.0. The molecule has 1 aliphatic rings. The smallest absolute Gasteiger partial charge is 0.260 e. The van der Waals surface area contributed by atoms with Gasteiger partial charge < -0.3 is 9.64 Å². The molecule has 0 radical (unpaired) electrons. The first kappa shape index (κ1) is 31.9. The SMILES string of the molecule is CCOc1ccc2nc(N(CCN(CC)CC)C(=O)c3ccc(S(=O)(=O)N4CCc5ccccc5C4)cc3)sc2c1.Cl. The van der Waals surface area contributed by atoms with Gasteiger partial charge in [0.05, 0.1) is 21.7 Å². The Morgan fingerprint density at radius 3 is 2.38 bits per heavy atom. The number of fused-ring (bicyclic) bond motifs is 2. The summed E-state index contributed by atoms with van der Waals surface area (Å²) in [5.74, 6) is 0.558. The Balaban J connectivity index is 0.00000405. The molecule has 0 fully saturated rings. The quantitative estimate of drug-likeness (QED) is 0.207. The van der Waals surface area contributed by atoms with Crippen molar-refractivity contribution in [1.29, 1.82) is 0 Å². The van der Waals surface area contributed by atoms with Crippen molar-refractivity contribution in [2.45, 2.75) is 38.6 Å². The maximum atomic E-state index is 13.9. The van der Waals surface area contributed by atoms with Crippen LogP contribution in [0.4, 0.5) is 5.13 Å². The standard InChI is InChI=1S/C31H36N4O4S2.ClH/c1-4-33(5-2)19-20-35(31-32-28-16-13-26(39-6-3)21-29(28)40-31)30(36)24-11-14-27(15-12-24)41(37,38)34-18-17-23-9-7-8-10-25(23)22-34;/h7-16,21H,4-6,17-20,22H2,1-3H3;1H. The minimum absolute atomic E-state index is 0. The lowest BCUT2D eigenvalue weighted by Crippen LogP contribution is -2.39. The summed E-state index contributed by atoms with van der Waals surface area (Å²) in [4.78, 5) is 22.8. The molecule has 0 bridgehead atoms. The fourth-order valence-electron chi connectivity index (χ4n) is 5.08. The molecule has 4 aromatic rings. The summed E-state index contributed by atoms with van der Waals surface area (Å²) in [6, 6.07) is 20.0. The number of sulfonamides is 1. The first-order valence-corrected chi connectivity index (χ1v) is 16.3. The number of anilines is 1. The van der Waals surface area contributed by atoms with Gasteiger partial charge in [0.25, 0.3) is 5.91 Å². The summed E-state index contributed by atoms with van der Waals surface area (Å²) in [6.45, 7) is 10.4. The Kier molecular flexibility index (Phi) is 10.6. The summed E-state index contributed by atoms with van der Waals surface area (Å²) in [5, 5.41) is 0.606. The molecular formula is C31H37ClN4O4S2. The monoisotopic (exact) mass is 628 g/mol. The molecule has 0 unspecified atom stereocenters. The van der Waals surface area contributed by atoms with Crippen LogP contribution in [-0.4, -0.2) is 67.8 Å². The van der Waals surface area contributed by atoms with Crippen molar-refractivity contribution in [3.63, 3.8) is 0 Å². The fourth-order valence-corrected chi connectivity index (χ4v) is 7.52. The highest BCUT2D eigenvalue weighted by Crippen LogP contribution is 2.33. The summed E-state index contributed by atoms with van der Waals surface area (Å²) in [5.41, 5.74) is 3.44. The molecule has 1 aromatic heterocycles. The van der Waals surface area contributed by atoms with E-state index in [-0.39, 0.29) is 23.2 Å². The van der Waals surface area contributed by atoms with E-state index in [0.717, 1.165) is 34.6 Å². The molecule has 0 saturated heterocycles. The van der Waals surface area contributed by atoms with Crippen molar-refractivity contribution in [2.75, 3.05) is 44.2 Å². The van der Waals surface area contributed by atoms with Crippen LogP contribution >= 0.6 is 23.7 Å². The molecule has 0 N–H and O–H groups in total. The number of likely N-dealkylation sites (N-methyl/N-ethyl adjacent to an activating group) is 1. The van der Waals surface area contributed by atoms with Crippen molar-refractivity contribution < 1.29 is 17.9 Å². The first-order valence-electron chi connectivity index (χ1n) is 14.1. The highest BCUT2D eigenvalue weighted by molar-refractivity contribution is 7.89. The summed E-state index contributed by atoms with van der Waals surface area (Å²) in [7, 11) is -3.69. The molecule has 1 amide bonds. The largest absolute Gasteiger partial charge is 0.494 e. The maximum absolute atomic E-state index is 13.9. The van der Waals surface area contributed by atoms with Gasteiger partial charge in [-0.1, -0.05) is 49.4 Å². The number of nitrogens with zero attached hydrogens (tertiary/aromatic N) is 4. The number of carbonyl (C=O) groups excluding carboxylic acids is 1. The van der Waals surface area contributed by atoms with Crippen LogP contribution in [0.2, 0.25) is 0 Å². The minimum atomic E-state index is -3.69. The molecular weight excluding hydrogens is 592 g/mol. The molecule has 5 rings (SSSR count). The Morgan fingerprint density at radius 2 is 1.69 bits per heavy atom. The third kappa shape index (κ3) is 6.79. The Morgan fingerprint density at radius 1 is 0.976 bits per heavy atom. The van der Waals surface area contributed by atoms with Gasteiger partial charge in [-0.15, -0.1) is 12.4 Å². The van der Waals surface area contributed by atoms with Gasteiger partial charge in [-0.2, -0.15) is 4.31 Å². The highest BCUT2D eigenvalue weighted by atomic mass is 35.5. The minimum Gasteiger partial charge on any atom is -0.494 e. The van der Waals surface area contributed by atoms with E-state index in [1.165, 1.54) is 21.2 Å². The molecule has 0 atom stereocenters. The van der Waals surface area contributed by atoms with Gasteiger partial charge in [0.2, 0.25) is 10.0 Å².